The molecule has 20 heavy (non-hydrogen) atoms. The molecule has 3 rings (SSSR count). The number of hydrogen-bond donors (Lipinski definition) is 1. The predicted molar refractivity (Wildman–Crippen MR) is 80.2 cm³/mol. The van der Waals surface area contributed by atoms with Crippen molar-refractivity contribution in [1.29, 1.82) is 0 Å². The Labute approximate surface area is 121 Å². The number of nitrogens with one attached hydrogen (secondary N) is 1. The first-order chi connectivity index (χ1) is 9.58. The zero-order chi connectivity index (χ0) is 14.3. The molecule has 3 unspecified atom stereocenters. The summed E-state index contributed by atoms with van der Waals surface area (Å²) in [5.74, 6) is 1.08. The van der Waals surface area contributed by atoms with Gasteiger partial charge >= 0.3 is 0 Å². The van der Waals surface area contributed by atoms with Crippen LogP contribution in [0.4, 0.5) is 0 Å². The minimum atomic E-state index is -0.0822. The summed E-state index contributed by atoms with van der Waals surface area (Å²) in [4.78, 5) is 14.6. The van der Waals surface area contributed by atoms with Crippen molar-refractivity contribution in [2.75, 3.05) is 0 Å². The van der Waals surface area contributed by atoms with Crippen molar-refractivity contribution in [2.45, 2.75) is 58.3 Å². The van der Waals surface area contributed by atoms with Crippen LogP contribution in [0.15, 0.2) is 24.3 Å². The van der Waals surface area contributed by atoms with Gasteiger partial charge in [0.05, 0.1) is 6.04 Å². The largest absolute Gasteiger partial charge is 0.319 e. The molecule has 3 heteroatoms. The van der Waals surface area contributed by atoms with Crippen LogP contribution in [0.3, 0.4) is 0 Å². The molecule has 0 bridgehead atoms. The van der Waals surface area contributed by atoms with E-state index in [1.165, 1.54) is 24.0 Å². The maximum absolute atomic E-state index is 12.5. The molecule has 2 aliphatic rings. The predicted octanol–water partition coefficient (Wildman–Crippen LogP) is 3.00. The van der Waals surface area contributed by atoms with Crippen molar-refractivity contribution in [1.82, 2.24) is 10.2 Å². The molecule has 1 N–H and O–H groups in total. The number of carbonyl (C=O) groups is 1. The van der Waals surface area contributed by atoms with E-state index in [1.807, 2.05) is 6.92 Å². The van der Waals surface area contributed by atoms with Gasteiger partial charge in [0.1, 0.15) is 6.17 Å². The molecule has 1 aliphatic carbocycles. The van der Waals surface area contributed by atoms with Crippen LogP contribution in [0.25, 0.3) is 0 Å². The Hall–Kier alpha value is -1.35. The second-order valence-electron chi connectivity index (χ2n) is 6.42. The molecule has 1 saturated carbocycles. The van der Waals surface area contributed by atoms with Crippen LogP contribution >= 0.6 is 0 Å². The summed E-state index contributed by atoms with van der Waals surface area (Å²) in [5, 5.41) is 3.46. The van der Waals surface area contributed by atoms with Gasteiger partial charge in [-0.05, 0) is 44.2 Å². The standard InChI is InChI=1S/C17H24N2O/c1-11-6-4-5-7-15(11)16-18-13(3)17(20)19(16)12(2)10-14-8-9-14/h4-7,12-14,16,18H,8-10H2,1-3H3. The van der Waals surface area contributed by atoms with Crippen LogP contribution in [0.2, 0.25) is 0 Å². The molecular weight excluding hydrogens is 248 g/mol. The average molecular weight is 272 g/mol. The number of hydrogen-bond acceptors (Lipinski definition) is 2. The topological polar surface area (TPSA) is 32.3 Å². The van der Waals surface area contributed by atoms with Gasteiger partial charge in [-0.25, -0.2) is 0 Å². The first-order valence-electron chi connectivity index (χ1n) is 7.71. The van der Waals surface area contributed by atoms with Gasteiger partial charge in [-0.2, -0.15) is 0 Å². The van der Waals surface area contributed by atoms with E-state index in [4.69, 9.17) is 0 Å². The highest BCUT2D eigenvalue weighted by Gasteiger charge is 2.41. The van der Waals surface area contributed by atoms with Crippen LogP contribution < -0.4 is 5.32 Å². The number of rotatable bonds is 4. The van der Waals surface area contributed by atoms with Crippen LogP contribution in [0.5, 0.6) is 0 Å². The Bertz CT molecular complexity index is 509. The molecule has 0 spiro atoms. The monoisotopic (exact) mass is 272 g/mol. The highest BCUT2D eigenvalue weighted by molar-refractivity contribution is 5.84. The van der Waals surface area contributed by atoms with E-state index < -0.39 is 0 Å². The molecule has 3 atom stereocenters. The molecular formula is C17H24N2O. The molecule has 1 aliphatic heterocycles. The maximum Gasteiger partial charge on any atom is 0.241 e. The van der Waals surface area contributed by atoms with Gasteiger partial charge in [-0.15, -0.1) is 0 Å². The summed E-state index contributed by atoms with van der Waals surface area (Å²) >= 11 is 0. The van der Waals surface area contributed by atoms with E-state index in [2.05, 4.69) is 48.3 Å². The van der Waals surface area contributed by atoms with Crippen molar-refractivity contribution >= 4 is 5.91 Å². The third-order valence-corrected chi connectivity index (χ3v) is 4.64. The molecule has 0 radical (unpaired) electrons. The van der Waals surface area contributed by atoms with E-state index in [0.29, 0.717) is 6.04 Å². The Kier molecular flexibility index (Phi) is 3.55. The lowest BCUT2D eigenvalue weighted by Crippen LogP contribution is -2.38. The molecule has 1 aromatic rings. The maximum atomic E-state index is 12.5. The van der Waals surface area contributed by atoms with Gasteiger partial charge in [0.2, 0.25) is 5.91 Å². The minimum absolute atomic E-state index is 0.0347. The molecule has 1 amide bonds. The number of nitrogens with zero attached hydrogens (tertiary/aromatic N) is 1. The molecule has 0 aromatic heterocycles. The van der Waals surface area contributed by atoms with Crippen LogP contribution in [0, 0.1) is 12.8 Å². The highest BCUT2D eigenvalue weighted by atomic mass is 16.2. The van der Waals surface area contributed by atoms with E-state index in [1.54, 1.807) is 0 Å². The smallest absolute Gasteiger partial charge is 0.241 e. The van der Waals surface area contributed by atoms with Crippen LogP contribution in [-0.2, 0) is 4.79 Å². The van der Waals surface area contributed by atoms with Crippen molar-refractivity contribution in [2.24, 2.45) is 5.92 Å². The van der Waals surface area contributed by atoms with Crippen molar-refractivity contribution < 1.29 is 4.79 Å². The van der Waals surface area contributed by atoms with Gasteiger partial charge in [0, 0.05) is 6.04 Å². The summed E-state index contributed by atoms with van der Waals surface area (Å²) in [6, 6.07) is 8.60. The van der Waals surface area contributed by atoms with E-state index >= 15 is 0 Å². The third kappa shape index (κ3) is 2.47. The number of benzene rings is 1. The van der Waals surface area contributed by atoms with Gasteiger partial charge in [-0.1, -0.05) is 37.1 Å². The number of amides is 1. The van der Waals surface area contributed by atoms with Gasteiger partial charge < -0.3 is 4.90 Å². The fourth-order valence-electron chi connectivity index (χ4n) is 3.29. The van der Waals surface area contributed by atoms with E-state index in [9.17, 15) is 4.79 Å². The molecule has 108 valence electrons. The molecule has 1 aromatic carbocycles. The number of aryl methyl sites for hydroxylation is 1. The highest BCUT2D eigenvalue weighted by Crippen LogP contribution is 2.37. The second kappa shape index (κ2) is 5.21. The zero-order valence-corrected chi connectivity index (χ0v) is 12.6. The minimum Gasteiger partial charge on any atom is -0.319 e. The van der Waals surface area contributed by atoms with Crippen molar-refractivity contribution in [3.63, 3.8) is 0 Å². The Balaban J connectivity index is 1.87. The lowest BCUT2D eigenvalue weighted by Gasteiger charge is -2.31. The summed E-state index contributed by atoms with van der Waals surface area (Å²) in [5.41, 5.74) is 2.48. The van der Waals surface area contributed by atoms with Crippen LogP contribution in [0.1, 0.15) is 50.4 Å². The summed E-state index contributed by atoms with van der Waals surface area (Å²) in [6.45, 7) is 6.28. The Morgan fingerprint density at radius 3 is 2.70 bits per heavy atom. The first kappa shape index (κ1) is 13.6. The Morgan fingerprint density at radius 2 is 2.05 bits per heavy atom. The zero-order valence-electron chi connectivity index (χ0n) is 12.6. The fourth-order valence-corrected chi connectivity index (χ4v) is 3.29. The van der Waals surface area contributed by atoms with E-state index in [-0.39, 0.29) is 18.1 Å². The van der Waals surface area contributed by atoms with Gasteiger partial charge in [0.15, 0.2) is 0 Å². The van der Waals surface area contributed by atoms with Crippen molar-refractivity contribution in [3.8, 4) is 0 Å². The summed E-state index contributed by atoms with van der Waals surface area (Å²) in [7, 11) is 0. The fraction of sp³-hybridized carbons (Fsp3) is 0.588. The third-order valence-electron chi connectivity index (χ3n) is 4.64. The second-order valence-corrected chi connectivity index (χ2v) is 6.42. The normalized spacial score (nSPS) is 27.9. The van der Waals surface area contributed by atoms with Gasteiger partial charge in [-0.3, -0.25) is 10.1 Å². The SMILES string of the molecule is Cc1ccccc1C1NC(C)C(=O)N1C(C)CC1CC1. The Morgan fingerprint density at radius 1 is 1.35 bits per heavy atom. The van der Waals surface area contributed by atoms with Crippen molar-refractivity contribution in [3.05, 3.63) is 35.4 Å². The number of carbonyl (C=O) groups excluding carboxylic acids is 1. The lowest BCUT2D eigenvalue weighted by atomic mass is 10.0. The summed E-state index contributed by atoms with van der Waals surface area (Å²) < 4.78 is 0. The molecule has 1 heterocycles. The van der Waals surface area contributed by atoms with Crippen LogP contribution in [-0.4, -0.2) is 22.9 Å². The van der Waals surface area contributed by atoms with Gasteiger partial charge in [0.25, 0.3) is 0 Å². The lowest BCUT2D eigenvalue weighted by molar-refractivity contribution is -0.132. The first-order valence-corrected chi connectivity index (χ1v) is 7.71. The quantitative estimate of drug-likeness (QED) is 0.914. The molecule has 1 saturated heterocycles. The average Bonchev–Trinajstić information content (AvgIpc) is 3.17. The van der Waals surface area contributed by atoms with E-state index in [0.717, 1.165) is 12.3 Å². The summed E-state index contributed by atoms with van der Waals surface area (Å²) in [6.07, 6.45) is 3.85. The molecule has 2 fully saturated rings. The molecule has 3 nitrogen and oxygen atoms in total.